The summed E-state index contributed by atoms with van der Waals surface area (Å²) in [5, 5.41) is 2.68. The van der Waals surface area contributed by atoms with Crippen LogP contribution in [0.4, 0.5) is 13.2 Å². The van der Waals surface area contributed by atoms with E-state index in [1.165, 1.54) is 0 Å². The van der Waals surface area contributed by atoms with E-state index in [1.807, 2.05) is 0 Å². The second-order valence-corrected chi connectivity index (χ2v) is 2.95. The summed E-state index contributed by atoms with van der Waals surface area (Å²) in [7, 11) is 1.60. The van der Waals surface area contributed by atoms with Crippen molar-refractivity contribution in [1.29, 1.82) is 0 Å². The van der Waals surface area contributed by atoms with Gasteiger partial charge >= 0.3 is 6.18 Å². The molecule has 0 spiro atoms. The number of hydrogen-bond acceptors (Lipinski definition) is 2. The fraction of sp³-hybridized carbons (Fsp3) is 0.875. The monoisotopic (exact) mass is 197 g/mol. The molecule has 0 aliphatic carbocycles. The van der Waals surface area contributed by atoms with Gasteiger partial charge in [0.15, 0.2) is 0 Å². The summed E-state index contributed by atoms with van der Waals surface area (Å²) >= 11 is 0. The summed E-state index contributed by atoms with van der Waals surface area (Å²) in [5.41, 5.74) is 0. The molecule has 0 rings (SSSR count). The summed E-state index contributed by atoms with van der Waals surface area (Å²) in [6.07, 6.45) is -5.16. The van der Waals surface area contributed by atoms with E-state index in [-0.39, 0.29) is 24.7 Å². The van der Waals surface area contributed by atoms with Crippen LogP contribution in [0.5, 0.6) is 0 Å². The molecular formula is C8H14F3NO. The SMILES string of the molecule is CNC(C)C(=O)CCCC(F)(F)F. The first-order valence-electron chi connectivity index (χ1n) is 4.13. The van der Waals surface area contributed by atoms with Crippen LogP contribution in [0.15, 0.2) is 0 Å². The van der Waals surface area contributed by atoms with Crippen LogP contribution in [-0.2, 0) is 4.79 Å². The van der Waals surface area contributed by atoms with Crippen LogP contribution in [0, 0.1) is 0 Å². The molecule has 0 aliphatic heterocycles. The molecule has 1 N–H and O–H groups in total. The molecule has 0 aromatic carbocycles. The van der Waals surface area contributed by atoms with Gasteiger partial charge in [-0.2, -0.15) is 13.2 Å². The number of Topliss-reactive ketones (excluding diaryl/α,β-unsaturated/α-hetero) is 1. The van der Waals surface area contributed by atoms with E-state index in [4.69, 9.17) is 0 Å². The Bertz CT molecular complexity index is 167. The van der Waals surface area contributed by atoms with Gasteiger partial charge in [0, 0.05) is 12.8 Å². The Morgan fingerprint density at radius 1 is 1.46 bits per heavy atom. The lowest BCUT2D eigenvalue weighted by atomic mass is 10.1. The number of halogens is 3. The Balaban J connectivity index is 3.60. The quantitative estimate of drug-likeness (QED) is 0.729. The maximum Gasteiger partial charge on any atom is 0.389 e. The van der Waals surface area contributed by atoms with Crippen LogP contribution in [0.3, 0.4) is 0 Å². The van der Waals surface area contributed by atoms with Gasteiger partial charge in [0.05, 0.1) is 6.04 Å². The maximum absolute atomic E-state index is 11.7. The molecule has 2 nitrogen and oxygen atoms in total. The minimum Gasteiger partial charge on any atom is -0.311 e. The molecule has 0 aromatic rings. The molecule has 0 aliphatic rings. The lowest BCUT2D eigenvalue weighted by molar-refractivity contribution is -0.137. The minimum atomic E-state index is -4.15. The molecule has 0 amide bonds. The zero-order valence-corrected chi connectivity index (χ0v) is 7.74. The molecule has 0 aromatic heterocycles. The molecule has 0 saturated carbocycles. The van der Waals surface area contributed by atoms with E-state index in [0.29, 0.717) is 0 Å². The maximum atomic E-state index is 11.7. The molecule has 5 heteroatoms. The molecule has 0 bridgehead atoms. The Hall–Kier alpha value is -0.580. The average molecular weight is 197 g/mol. The largest absolute Gasteiger partial charge is 0.389 e. The molecule has 1 atom stereocenters. The topological polar surface area (TPSA) is 29.1 Å². The van der Waals surface area contributed by atoms with Gasteiger partial charge in [0.25, 0.3) is 0 Å². The number of nitrogens with one attached hydrogen (secondary N) is 1. The summed E-state index contributed by atoms with van der Waals surface area (Å²) in [5.74, 6) is -0.174. The number of alkyl halides is 3. The van der Waals surface area contributed by atoms with Gasteiger partial charge < -0.3 is 5.32 Å². The smallest absolute Gasteiger partial charge is 0.311 e. The highest BCUT2D eigenvalue weighted by atomic mass is 19.4. The van der Waals surface area contributed by atoms with Gasteiger partial charge in [-0.25, -0.2) is 0 Å². The van der Waals surface area contributed by atoms with Crippen molar-refractivity contribution in [2.75, 3.05) is 7.05 Å². The lowest BCUT2D eigenvalue weighted by Crippen LogP contribution is -2.30. The Morgan fingerprint density at radius 3 is 2.38 bits per heavy atom. The number of carbonyl (C=O) groups is 1. The summed E-state index contributed by atoms with van der Waals surface area (Å²) in [4.78, 5) is 11.0. The van der Waals surface area contributed by atoms with E-state index in [9.17, 15) is 18.0 Å². The van der Waals surface area contributed by atoms with Gasteiger partial charge in [-0.15, -0.1) is 0 Å². The molecule has 13 heavy (non-hydrogen) atoms. The zero-order valence-electron chi connectivity index (χ0n) is 7.74. The lowest BCUT2D eigenvalue weighted by Gasteiger charge is -2.09. The number of likely N-dealkylation sites (N-methyl/N-ethyl adjacent to an activating group) is 1. The molecule has 1 unspecified atom stereocenters. The van der Waals surface area contributed by atoms with Crippen molar-refractivity contribution in [3.8, 4) is 0 Å². The fourth-order valence-corrected chi connectivity index (χ4v) is 0.841. The van der Waals surface area contributed by atoms with E-state index in [1.54, 1.807) is 14.0 Å². The third-order valence-electron chi connectivity index (χ3n) is 1.80. The van der Waals surface area contributed by atoms with Crippen LogP contribution in [0.2, 0.25) is 0 Å². The predicted octanol–water partition coefficient (Wildman–Crippen LogP) is 1.90. The number of carbonyl (C=O) groups excluding carboxylic acids is 1. The Labute approximate surface area is 75.5 Å². The minimum absolute atomic E-state index is 0.0124. The third-order valence-corrected chi connectivity index (χ3v) is 1.80. The van der Waals surface area contributed by atoms with E-state index < -0.39 is 12.6 Å². The molecule has 0 radical (unpaired) electrons. The zero-order chi connectivity index (χ0) is 10.5. The van der Waals surface area contributed by atoms with Crippen molar-refractivity contribution in [2.45, 2.75) is 38.4 Å². The van der Waals surface area contributed by atoms with E-state index >= 15 is 0 Å². The van der Waals surface area contributed by atoms with Gasteiger partial charge in [-0.3, -0.25) is 4.79 Å². The first kappa shape index (κ1) is 12.4. The van der Waals surface area contributed by atoms with Crippen LogP contribution >= 0.6 is 0 Å². The summed E-state index contributed by atoms with van der Waals surface area (Å²) in [6, 6.07) is -0.353. The molecule has 0 fully saturated rings. The normalized spacial score (nSPS) is 14.2. The number of ketones is 1. The van der Waals surface area contributed by atoms with E-state index in [2.05, 4.69) is 5.32 Å². The summed E-state index contributed by atoms with van der Waals surface area (Å²) < 4.78 is 35.0. The standard InChI is InChI=1S/C8H14F3NO/c1-6(12-2)7(13)4-3-5-8(9,10)11/h6,12H,3-5H2,1-2H3. The van der Waals surface area contributed by atoms with Gasteiger partial charge in [-0.1, -0.05) is 0 Å². The summed E-state index contributed by atoms with van der Waals surface area (Å²) in [6.45, 7) is 1.63. The average Bonchev–Trinajstić information content (AvgIpc) is 2.00. The highest BCUT2D eigenvalue weighted by molar-refractivity contribution is 5.83. The van der Waals surface area contributed by atoms with Gasteiger partial charge in [0.1, 0.15) is 5.78 Å². The molecular weight excluding hydrogens is 183 g/mol. The van der Waals surface area contributed by atoms with Crippen LogP contribution < -0.4 is 5.32 Å². The van der Waals surface area contributed by atoms with Crippen molar-refractivity contribution in [3.05, 3.63) is 0 Å². The van der Waals surface area contributed by atoms with Crippen LogP contribution in [0.25, 0.3) is 0 Å². The van der Waals surface area contributed by atoms with Crippen molar-refractivity contribution in [3.63, 3.8) is 0 Å². The first-order valence-corrected chi connectivity index (χ1v) is 4.13. The Morgan fingerprint density at radius 2 is 2.00 bits per heavy atom. The predicted molar refractivity (Wildman–Crippen MR) is 43.4 cm³/mol. The molecule has 78 valence electrons. The van der Waals surface area contributed by atoms with Gasteiger partial charge in [0.2, 0.25) is 0 Å². The van der Waals surface area contributed by atoms with Gasteiger partial charge in [-0.05, 0) is 20.4 Å². The van der Waals surface area contributed by atoms with Crippen molar-refractivity contribution < 1.29 is 18.0 Å². The van der Waals surface area contributed by atoms with E-state index in [0.717, 1.165) is 0 Å². The van der Waals surface area contributed by atoms with Crippen LogP contribution in [-0.4, -0.2) is 25.0 Å². The first-order chi connectivity index (χ1) is 5.87. The molecule has 0 heterocycles. The highest BCUT2D eigenvalue weighted by Crippen LogP contribution is 2.22. The van der Waals surface area contributed by atoms with Crippen LogP contribution in [0.1, 0.15) is 26.2 Å². The Kier molecular flexibility index (Phi) is 4.98. The fourth-order valence-electron chi connectivity index (χ4n) is 0.841. The van der Waals surface area contributed by atoms with Crippen molar-refractivity contribution in [1.82, 2.24) is 5.32 Å². The number of rotatable bonds is 5. The number of hydrogen-bond donors (Lipinski definition) is 1. The highest BCUT2D eigenvalue weighted by Gasteiger charge is 2.26. The third kappa shape index (κ3) is 6.57. The van der Waals surface area contributed by atoms with Crippen molar-refractivity contribution >= 4 is 5.78 Å². The molecule has 0 saturated heterocycles. The second-order valence-electron chi connectivity index (χ2n) is 2.95. The van der Waals surface area contributed by atoms with Crippen molar-refractivity contribution in [2.24, 2.45) is 0 Å². The second kappa shape index (κ2) is 5.21.